The highest BCUT2D eigenvalue weighted by Crippen LogP contribution is 2.11. The maximum absolute atomic E-state index is 12.8. The van der Waals surface area contributed by atoms with Crippen molar-refractivity contribution < 1.29 is 28.6 Å². The number of allylic oxidation sites excluding steroid dienone is 30. The van der Waals surface area contributed by atoms with Crippen LogP contribution in [0.1, 0.15) is 175 Å². The number of hydrogen-bond acceptors (Lipinski definition) is 6. The lowest BCUT2D eigenvalue weighted by Crippen LogP contribution is -2.30. The highest BCUT2D eigenvalue weighted by Gasteiger charge is 2.19. The normalized spacial score (nSPS) is 13.6. The van der Waals surface area contributed by atoms with Gasteiger partial charge in [0.1, 0.15) is 13.2 Å². The molecule has 0 aliphatic rings. The van der Waals surface area contributed by atoms with E-state index in [0.29, 0.717) is 19.3 Å². The quantitative estimate of drug-likeness (QED) is 0.0199. The lowest BCUT2D eigenvalue weighted by Gasteiger charge is -2.18. The van der Waals surface area contributed by atoms with Crippen molar-refractivity contribution >= 4 is 17.9 Å². The first-order valence-corrected chi connectivity index (χ1v) is 26.4. The molecule has 0 amide bonds. The van der Waals surface area contributed by atoms with Crippen LogP contribution < -0.4 is 0 Å². The molecule has 0 aliphatic carbocycles. The number of carbonyl (C=O) groups excluding carboxylic acids is 3. The van der Waals surface area contributed by atoms with Gasteiger partial charge in [-0.25, -0.2) is 0 Å². The molecule has 0 aliphatic heterocycles. The number of unbranched alkanes of at least 4 members (excludes halogenated alkanes) is 9. The summed E-state index contributed by atoms with van der Waals surface area (Å²) in [5.41, 5.74) is 0. The Morgan fingerprint density at radius 3 is 0.957 bits per heavy atom. The third kappa shape index (κ3) is 53.3. The van der Waals surface area contributed by atoms with E-state index in [-0.39, 0.29) is 44.0 Å². The highest BCUT2D eigenvalue weighted by molar-refractivity contribution is 5.71. The lowest BCUT2D eigenvalue weighted by molar-refractivity contribution is -0.167. The smallest absolute Gasteiger partial charge is 0.306 e. The van der Waals surface area contributed by atoms with E-state index in [2.05, 4.69) is 130 Å². The molecule has 6 heteroatoms. The van der Waals surface area contributed by atoms with Gasteiger partial charge in [-0.05, 0) is 116 Å². The fourth-order valence-electron chi connectivity index (χ4n) is 6.23. The number of hydrogen-bond donors (Lipinski definition) is 0. The third-order valence-electron chi connectivity index (χ3n) is 10.1. The van der Waals surface area contributed by atoms with E-state index in [9.17, 15) is 14.4 Å². The predicted molar refractivity (Wildman–Crippen MR) is 297 cm³/mol. The summed E-state index contributed by atoms with van der Waals surface area (Å²) in [6, 6.07) is 0. The molecular formula is C63H92O6. The Kier molecular flexibility index (Phi) is 50.7. The molecule has 0 aromatic carbocycles. The minimum atomic E-state index is -0.839. The van der Waals surface area contributed by atoms with Crippen LogP contribution in [-0.2, 0) is 28.6 Å². The van der Waals surface area contributed by atoms with Crippen LogP contribution in [-0.4, -0.2) is 37.2 Å². The van der Waals surface area contributed by atoms with Gasteiger partial charge in [0.25, 0.3) is 0 Å². The minimum absolute atomic E-state index is 0.133. The Bertz CT molecular complexity index is 1700. The van der Waals surface area contributed by atoms with Crippen molar-refractivity contribution in [2.75, 3.05) is 13.2 Å². The number of ether oxygens (including phenoxy) is 3. The fraction of sp³-hybridized carbons (Fsp3) is 0.476. The van der Waals surface area contributed by atoms with E-state index in [1.807, 2.05) is 72.9 Å². The SMILES string of the molecule is CC\C=C/C=C\C=C/C=C\C=C\C=C/C=C\CCCCCC(=O)OCC(COC(=O)CCCCC/C=C\C/C=C\C/C=C\C/C=C\CC)OC(=O)CCCCC/C=C\C/C=C\C/C=C\C/C=C\CC. The van der Waals surface area contributed by atoms with Crippen molar-refractivity contribution in [3.63, 3.8) is 0 Å². The van der Waals surface area contributed by atoms with Gasteiger partial charge in [0, 0.05) is 19.3 Å². The highest BCUT2D eigenvalue weighted by atomic mass is 16.6. The molecule has 1 unspecified atom stereocenters. The molecule has 0 aromatic heterocycles. The Morgan fingerprint density at radius 2 is 0.594 bits per heavy atom. The number of esters is 3. The fourth-order valence-corrected chi connectivity index (χ4v) is 6.23. The molecule has 1 atom stereocenters. The molecular weight excluding hydrogens is 853 g/mol. The average Bonchev–Trinajstić information content (AvgIpc) is 3.35. The summed E-state index contributed by atoms with van der Waals surface area (Å²) in [5, 5.41) is 0. The van der Waals surface area contributed by atoms with Gasteiger partial charge in [0.2, 0.25) is 0 Å². The summed E-state index contributed by atoms with van der Waals surface area (Å²) in [6.07, 6.45) is 83.0. The van der Waals surface area contributed by atoms with Crippen LogP contribution in [0.15, 0.2) is 182 Å². The van der Waals surface area contributed by atoms with Crippen LogP contribution in [0.4, 0.5) is 0 Å². The van der Waals surface area contributed by atoms with Gasteiger partial charge in [-0.15, -0.1) is 0 Å². The molecule has 0 N–H and O–H groups in total. The van der Waals surface area contributed by atoms with Gasteiger partial charge in [0.05, 0.1) is 0 Å². The van der Waals surface area contributed by atoms with Crippen LogP contribution in [0.3, 0.4) is 0 Å². The van der Waals surface area contributed by atoms with Crippen molar-refractivity contribution in [1.82, 2.24) is 0 Å². The first-order valence-electron chi connectivity index (χ1n) is 26.4. The molecule has 69 heavy (non-hydrogen) atoms. The van der Waals surface area contributed by atoms with Gasteiger partial charge < -0.3 is 14.2 Å². The molecule has 0 heterocycles. The van der Waals surface area contributed by atoms with Crippen LogP contribution in [0, 0.1) is 0 Å². The summed E-state index contributed by atoms with van der Waals surface area (Å²) in [6.45, 7) is 6.13. The van der Waals surface area contributed by atoms with E-state index in [1.165, 1.54) is 0 Å². The second-order valence-corrected chi connectivity index (χ2v) is 16.5. The second-order valence-electron chi connectivity index (χ2n) is 16.5. The van der Waals surface area contributed by atoms with Gasteiger partial charge >= 0.3 is 17.9 Å². The molecule has 0 rings (SSSR count). The lowest BCUT2D eigenvalue weighted by atomic mass is 10.1. The first kappa shape index (κ1) is 63.5. The zero-order valence-electron chi connectivity index (χ0n) is 43.2. The average molecular weight is 945 g/mol. The minimum Gasteiger partial charge on any atom is -0.462 e. The van der Waals surface area contributed by atoms with Crippen molar-refractivity contribution in [2.24, 2.45) is 0 Å². The van der Waals surface area contributed by atoms with Crippen molar-refractivity contribution in [3.05, 3.63) is 182 Å². The molecule has 380 valence electrons. The van der Waals surface area contributed by atoms with Gasteiger partial charge in [0.15, 0.2) is 6.10 Å². The standard InChI is InChI=1S/C63H92O6/c1-4-7-10-13-16-19-22-25-28-31-32-33-36-38-41-44-47-50-53-56-62(65)68-59-60(69-63(66)57-54-51-48-45-42-39-35-30-27-24-21-18-15-12-9-6-3)58-67-61(64)55-52-49-46-43-40-37-34-29-26-23-20-17-14-11-8-5-2/h7-13,16-22,25-33,36-42,60H,4-6,14-15,23-24,34-35,43-59H2,1-3H3/b10-7-,11-8-,12-9-,16-13-,20-17-,21-18-,22-19-,28-25-,29-26-,30-27-,32-31+,36-33-,40-37-,41-38-,42-39-. The number of carbonyl (C=O) groups is 3. The molecule has 0 aromatic rings. The first-order chi connectivity index (χ1) is 34.0. The molecule has 0 saturated heterocycles. The maximum atomic E-state index is 12.8. The van der Waals surface area contributed by atoms with Crippen molar-refractivity contribution in [2.45, 2.75) is 181 Å². The third-order valence-corrected chi connectivity index (χ3v) is 10.1. The Balaban J connectivity index is 4.65. The molecule has 0 bridgehead atoms. The largest absolute Gasteiger partial charge is 0.462 e. The van der Waals surface area contributed by atoms with E-state index in [0.717, 1.165) is 122 Å². The van der Waals surface area contributed by atoms with Crippen molar-refractivity contribution in [3.8, 4) is 0 Å². The predicted octanol–water partition coefficient (Wildman–Crippen LogP) is 17.7. The molecule has 0 fully saturated rings. The van der Waals surface area contributed by atoms with Crippen LogP contribution in [0.2, 0.25) is 0 Å². The zero-order valence-corrected chi connectivity index (χ0v) is 43.2. The van der Waals surface area contributed by atoms with Crippen LogP contribution >= 0.6 is 0 Å². The topological polar surface area (TPSA) is 78.9 Å². The molecule has 0 saturated carbocycles. The Labute approximate surface area is 421 Å². The second kappa shape index (κ2) is 55.1. The molecule has 0 radical (unpaired) electrons. The Hall–Kier alpha value is -5.49. The Morgan fingerprint density at radius 1 is 0.304 bits per heavy atom. The van der Waals surface area contributed by atoms with Crippen molar-refractivity contribution in [1.29, 1.82) is 0 Å². The summed E-state index contributed by atoms with van der Waals surface area (Å²) >= 11 is 0. The van der Waals surface area contributed by atoms with E-state index >= 15 is 0 Å². The van der Waals surface area contributed by atoms with Crippen LogP contribution in [0.25, 0.3) is 0 Å². The number of rotatable bonds is 44. The summed E-state index contributed by atoms with van der Waals surface area (Å²) in [5.74, 6) is -1.06. The van der Waals surface area contributed by atoms with E-state index in [1.54, 1.807) is 0 Å². The monoisotopic (exact) mass is 945 g/mol. The summed E-state index contributed by atoms with van der Waals surface area (Å²) < 4.78 is 16.7. The summed E-state index contributed by atoms with van der Waals surface area (Å²) in [7, 11) is 0. The zero-order chi connectivity index (χ0) is 50.0. The van der Waals surface area contributed by atoms with Crippen LogP contribution in [0.5, 0.6) is 0 Å². The summed E-state index contributed by atoms with van der Waals surface area (Å²) in [4.78, 5) is 38.1. The van der Waals surface area contributed by atoms with Gasteiger partial charge in [-0.1, -0.05) is 222 Å². The maximum Gasteiger partial charge on any atom is 0.306 e. The van der Waals surface area contributed by atoms with Gasteiger partial charge in [-0.3, -0.25) is 14.4 Å². The molecule has 0 spiro atoms. The van der Waals surface area contributed by atoms with Gasteiger partial charge in [-0.2, -0.15) is 0 Å². The molecule has 6 nitrogen and oxygen atoms in total. The van der Waals surface area contributed by atoms with E-state index < -0.39 is 6.10 Å². The van der Waals surface area contributed by atoms with E-state index in [4.69, 9.17) is 14.2 Å².